The van der Waals surface area contributed by atoms with Gasteiger partial charge in [0.25, 0.3) is 5.56 Å². The quantitative estimate of drug-likeness (QED) is 0.744. The van der Waals surface area contributed by atoms with Crippen molar-refractivity contribution in [1.29, 1.82) is 0 Å². The Morgan fingerprint density at radius 1 is 1.30 bits per heavy atom. The van der Waals surface area contributed by atoms with Gasteiger partial charge in [-0.25, -0.2) is 9.37 Å². The van der Waals surface area contributed by atoms with E-state index < -0.39 is 0 Å². The molecule has 102 valence electrons. The SMILES string of the molecule is CCCn1cnc2c(-c3ccc(F)cc3)nsc2c1=O. The zero-order valence-corrected chi connectivity index (χ0v) is 11.7. The molecule has 0 atom stereocenters. The van der Waals surface area contributed by atoms with Crippen LogP contribution in [0.4, 0.5) is 4.39 Å². The van der Waals surface area contributed by atoms with Crippen molar-refractivity contribution >= 4 is 21.7 Å². The summed E-state index contributed by atoms with van der Waals surface area (Å²) in [6, 6.07) is 6.03. The average Bonchev–Trinajstić information content (AvgIpc) is 2.88. The molecule has 0 fully saturated rings. The van der Waals surface area contributed by atoms with Gasteiger partial charge in [-0.1, -0.05) is 6.92 Å². The Balaban J connectivity index is 2.17. The highest BCUT2D eigenvalue weighted by atomic mass is 32.1. The molecule has 20 heavy (non-hydrogen) atoms. The van der Waals surface area contributed by atoms with Crippen LogP contribution in [0.25, 0.3) is 21.5 Å². The molecular formula is C14H12FN3OS. The summed E-state index contributed by atoms with van der Waals surface area (Å²) in [5, 5.41) is 0. The molecule has 3 aromatic rings. The molecule has 0 N–H and O–H groups in total. The van der Waals surface area contributed by atoms with Crippen LogP contribution >= 0.6 is 11.5 Å². The van der Waals surface area contributed by atoms with E-state index >= 15 is 0 Å². The van der Waals surface area contributed by atoms with Crippen molar-refractivity contribution in [2.24, 2.45) is 0 Å². The van der Waals surface area contributed by atoms with E-state index in [1.165, 1.54) is 12.1 Å². The largest absolute Gasteiger partial charge is 0.298 e. The molecule has 2 heterocycles. The first-order valence-electron chi connectivity index (χ1n) is 6.31. The van der Waals surface area contributed by atoms with E-state index in [1.807, 2.05) is 6.92 Å². The van der Waals surface area contributed by atoms with Gasteiger partial charge in [0.1, 0.15) is 21.7 Å². The third-order valence-electron chi connectivity index (χ3n) is 3.03. The minimum Gasteiger partial charge on any atom is -0.298 e. The molecule has 0 saturated carbocycles. The van der Waals surface area contributed by atoms with Gasteiger partial charge in [-0.2, -0.15) is 4.37 Å². The molecule has 0 spiro atoms. The Kier molecular flexibility index (Phi) is 3.31. The second-order valence-corrected chi connectivity index (χ2v) is 5.23. The summed E-state index contributed by atoms with van der Waals surface area (Å²) in [5.41, 5.74) is 1.91. The fourth-order valence-corrected chi connectivity index (χ4v) is 2.86. The number of benzene rings is 1. The molecule has 2 aromatic heterocycles. The normalized spacial score (nSPS) is 11.1. The summed E-state index contributed by atoms with van der Waals surface area (Å²) in [7, 11) is 0. The summed E-state index contributed by atoms with van der Waals surface area (Å²) < 4.78 is 19.4. The molecule has 6 heteroatoms. The maximum absolute atomic E-state index is 13.0. The Labute approximate surface area is 118 Å². The second kappa shape index (κ2) is 5.13. The lowest BCUT2D eigenvalue weighted by Gasteiger charge is -2.02. The number of aromatic nitrogens is 3. The van der Waals surface area contributed by atoms with E-state index in [-0.39, 0.29) is 11.4 Å². The van der Waals surface area contributed by atoms with Gasteiger partial charge < -0.3 is 0 Å². The topological polar surface area (TPSA) is 47.8 Å². The van der Waals surface area contributed by atoms with Gasteiger partial charge in [-0.3, -0.25) is 9.36 Å². The van der Waals surface area contributed by atoms with Crippen molar-refractivity contribution in [2.45, 2.75) is 19.9 Å². The van der Waals surface area contributed by atoms with Crippen LogP contribution in [0.15, 0.2) is 35.4 Å². The van der Waals surface area contributed by atoms with Crippen LogP contribution in [0.5, 0.6) is 0 Å². The summed E-state index contributed by atoms with van der Waals surface area (Å²) >= 11 is 1.14. The predicted molar refractivity (Wildman–Crippen MR) is 77.4 cm³/mol. The molecule has 0 aliphatic carbocycles. The molecule has 3 rings (SSSR count). The molecule has 1 aromatic carbocycles. The van der Waals surface area contributed by atoms with E-state index in [9.17, 15) is 9.18 Å². The van der Waals surface area contributed by atoms with Gasteiger partial charge >= 0.3 is 0 Å². The molecule has 0 aliphatic heterocycles. The second-order valence-electron chi connectivity index (χ2n) is 4.46. The highest BCUT2D eigenvalue weighted by Gasteiger charge is 2.14. The van der Waals surface area contributed by atoms with Gasteiger partial charge in [0, 0.05) is 12.1 Å². The Bertz CT molecular complexity index is 807. The number of halogens is 1. The lowest BCUT2D eigenvalue weighted by molar-refractivity contribution is 0.628. The molecule has 0 bridgehead atoms. The predicted octanol–water partition coefficient (Wildman–Crippen LogP) is 3.07. The van der Waals surface area contributed by atoms with Crippen LogP contribution in [0.3, 0.4) is 0 Å². The van der Waals surface area contributed by atoms with Gasteiger partial charge in [0.05, 0.1) is 6.33 Å². The standard InChI is InChI=1S/C14H12FN3OS/c1-2-7-18-8-16-12-11(17-20-13(12)14(18)19)9-3-5-10(15)6-4-9/h3-6,8H,2,7H2,1H3. The first kappa shape index (κ1) is 12.9. The third-order valence-corrected chi connectivity index (χ3v) is 3.86. The number of hydrogen-bond donors (Lipinski definition) is 0. The minimum atomic E-state index is -0.299. The molecule has 0 unspecified atom stereocenters. The van der Waals surface area contributed by atoms with Crippen molar-refractivity contribution in [3.63, 3.8) is 0 Å². The van der Waals surface area contributed by atoms with E-state index in [0.29, 0.717) is 22.5 Å². The van der Waals surface area contributed by atoms with E-state index in [2.05, 4.69) is 9.36 Å². The first-order chi connectivity index (χ1) is 9.70. The van der Waals surface area contributed by atoms with Gasteiger partial charge in [0.15, 0.2) is 0 Å². The number of nitrogens with zero attached hydrogens (tertiary/aromatic N) is 3. The van der Waals surface area contributed by atoms with Gasteiger partial charge in [0.2, 0.25) is 0 Å². The summed E-state index contributed by atoms with van der Waals surface area (Å²) in [4.78, 5) is 16.6. The van der Waals surface area contributed by atoms with E-state index in [1.54, 1.807) is 23.0 Å². The molecular weight excluding hydrogens is 277 g/mol. The van der Waals surface area contributed by atoms with E-state index in [4.69, 9.17) is 0 Å². The maximum Gasteiger partial charge on any atom is 0.272 e. The fraction of sp³-hybridized carbons (Fsp3) is 0.214. The van der Waals surface area contributed by atoms with Crippen LogP contribution in [0.1, 0.15) is 13.3 Å². The van der Waals surface area contributed by atoms with Crippen molar-refractivity contribution in [3.05, 3.63) is 46.8 Å². The van der Waals surface area contributed by atoms with Crippen molar-refractivity contribution in [3.8, 4) is 11.3 Å². The molecule has 4 nitrogen and oxygen atoms in total. The van der Waals surface area contributed by atoms with Gasteiger partial charge in [-0.15, -0.1) is 0 Å². The highest BCUT2D eigenvalue weighted by molar-refractivity contribution is 7.13. The molecule has 0 saturated heterocycles. The molecule has 0 aliphatic rings. The van der Waals surface area contributed by atoms with Crippen molar-refractivity contribution in [2.75, 3.05) is 0 Å². The average molecular weight is 289 g/mol. The summed E-state index contributed by atoms with van der Waals surface area (Å²) in [6.07, 6.45) is 2.42. The maximum atomic E-state index is 13.0. The number of aryl methyl sites for hydroxylation is 1. The minimum absolute atomic E-state index is 0.0669. The fourth-order valence-electron chi connectivity index (χ4n) is 2.05. The lowest BCUT2D eigenvalue weighted by Crippen LogP contribution is -2.19. The number of fused-ring (bicyclic) bond motifs is 1. The van der Waals surface area contributed by atoms with Gasteiger partial charge in [-0.05, 0) is 42.2 Å². The summed E-state index contributed by atoms with van der Waals surface area (Å²) in [5.74, 6) is -0.299. The van der Waals surface area contributed by atoms with Crippen LogP contribution < -0.4 is 5.56 Å². The Hall–Kier alpha value is -2.08. The van der Waals surface area contributed by atoms with Crippen molar-refractivity contribution in [1.82, 2.24) is 13.9 Å². The smallest absolute Gasteiger partial charge is 0.272 e. The zero-order chi connectivity index (χ0) is 14.1. The molecule has 0 radical (unpaired) electrons. The van der Waals surface area contributed by atoms with Crippen LogP contribution in [0.2, 0.25) is 0 Å². The Morgan fingerprint density at radius 2 is 2.05 bits per heavy atom. The molecule has 0 amide bonds. The third kappa shape index (κ3) is 2.12. The first-order valence-corrected chi connectivity index (χ1v) is 7.09. The van der Waals surface area contributed by atoms with Crippen LogP contribution in [-0.2, 0) is 6.54 Å². The number of hydrogen-bond acceptors (Lipinski definition) is 4. The Morgan fingerprint density at radius 3 is 2.75 bits per heavy atom. The lowest BCUT2D eigenvalue weighted by atomic mass is 10.1. The zero-order valence-electron chi connectivity index (χ0n) is 10.8. The summed E-state index contributed by atoms with van der Waals surface area (Å²) in [6.45, 7) is 2.65. The van der Waals surface area contributed by atoms with Crippen LogP contribution in [-0.4, -0.2) is 13.9 Å². The van der Waals surface area contributed by atoms with Crippen molar-refractivity contribution < 1.29 is 4.39 Å². The monoisotopic (exact) mass is 289 g/mol. The van der Waals surface area contributed by atoms with Crippen LogP contribution in [0, 0.1) is 5.82 Å². The highest BCUT2D eigenvalue weighted by Crippen LogP contribution is 2.27. The van der Waals surface area contributed by atoms with E-state index in [0.717, 1.165) is 23.5 Å². The number of rotatable bonds is 3.